The normalized spacial score (nSPS) is 17.2. The highest BCUT2D eigenvalue weighted by molar-refractivity contribution is 5.92. The highest BCUT2D eigenvalue weighted by Gasteiger charge is 2.17. The Morgan fingerprint density at radius 3 is 2.65 bits per heavy atom. The van der Waals surface area contributed by atoms with Crippen LogP contribution in [0.1, 0.15) is 37.9 Å². The number of carbonyl (C=O) groups excluding carboxylic acids is 1. The van der Waals surface area contributed by atoms with Gasteiger partial charge in [0.1, 0.15) is 11.9 Å². The molecule has 2 aromatic carbocycles. The van der Waals surface area contributed by atoms with E-state index >= 15 is 0 Å². The van der Waals surface area contributed by atoms with Gasteiger partial charge in [0.2, 0.25) is 5.91 Å². The standard InChI is InChI=1S/C21H26N2O2.ClH/c1-16(18-7-3-2-4-8-18)25-20-10-6-5-9-19(20)23-21(24)12-11-17-13-14-22-15-17;/h2-10,16-17,22H,11-15H2,1H3,(H,23,24);1H. The third-order valence-corrected chi connectivity index (χ3v) is 4.68. The molecule has 2 N–H and O–H groups in total. The molecule has 2 unspecified atom stereocenters. The second-order valence-corrected chi connectivity index (χ2v) is 6.61. The number of nitrogens with one attached hydrogen (secondary N) is 2. The number of rotatable bonds is 7. The molecule has 1 aliphatic heterocycles. The summed E-state index contributed by atoms with van der Waals surface area (Å²) >= 11 is 0. The number of benzene rings is 2. The molecule has 1 heterocycles. The molecule has 0 spiro atoms. The van der Waals surface area contributed by atoms with E-state index in [1.54, 1.807) is 0 Å². The predicted molar refractivity (Wildman–Crippen MR) is 108 cm³/mol. The molecule has 4 nitrogen and oxygen atoms in total. The quantitative estimate of drug-likeness (QED) is 0.746. The predicted octanol–water partition coefficient (Wildman–Crippen LogP) is 4.58. The van der Waals surface area contributed by atoms with Gasteiger partial charge in [0.05, 0.1) is 5.69 Å². The van der Waals surface area contributed by atoms with Crippen LogP contribution in [0.5, 0.6) is 5.75 Å². The highest BCUT2D eigenvalue weighted by Crippen LogP contribution is 2.29. The van der Waals surface area contributed by atoms with E-state index in [1.807, 2.05) is 61.5 Å². The zero-order chi connectivity index (χ0) is 17.5. The van der Waals surface area contributed by atoms with Crippen LogP contribution in [0.4, 0.5) is 5.69 Å². The van der Waals surface area contributed by atoms with Crippen LogP contribution < -0.4 is 15.4 Å². The van der Waals surface area contributed by atoms with E-state index in [2.05, 4.69) is 10.6 Å². The summed E-state index contributed by atoms with van der Waals surface area (Å²) in [6.07, 6.45) is 2.57. The van der Waals surface area contributed by atoms with E-state index in [9.17, 15) is 4.79 Å². The van der Waals surface area contributed by atoms with Gasteiger partial charge in [-0.25, -0.2) is 0 Å². The molecule has 2 atom stereocenters. The molecule has 0 aromatic heterocycles. The van der Waals surface area contributed by atoms with Crippen molar-refractivity contribution in [3.63, 3.8) is 0 Å². The molecule has 5 heteroatoms. The Balaban J connectivity index is 0.00000243. The van der Waals surface area contributed by atoms with Crippen molar-refractivity contribution in [2.24, 2.45) is 5.92 Å². The summed E-state index contributed by atoms with van der Waals surface area (Å²) in [6, 6.07) is 17.7. The number of ether oxygens (including phenoxy) is 1. The summed E-state index contributed by atoms with van der Waals surface area (Å²) < 4.78 is 6.09. The van der Waals surface area contributed by atoms with Gasteiger partial charge in [-0.2, -0.15) is 0 Å². The molecule has 0 bridgehead atoms. The smallest absolute Gasteiger partial charge is 0.224 e. The van der Waals surface area contributed by atoms with Crippen LogP contribution in [0.15, 0.2) is 54.6 Å². The molecular weight excluding hydrogens is 348 g/mol. The molecule has 1 saturated heterocycles. The van der Waals surface area contributed by atoms with E-state index in [1.165, 1.54) is 6.42 Å². The Morgan fingerprint density at radius 1 is 1.19 bits per heavy atom. The van der Waals surface area contributed by atoms with Crippen molar-refractivity contribution < 1.29 is 9.53 Å². The van der Waals surface area contributed by atoms with E-state index in [-0.39, 0.29) is 24.4 Å². The molecule has 0 aliphatic carbocycles. The molecule has 1 amide bonds. The van der Waals surface area contributed by atoms with E-state index in [0.717, 1.165) is 30.8 Å². The fraction of sp³-hybridized carbons (Fsp3) is 0.381. The largest absolute Gasteiger partial charge is 0.484 e. The zero-order valence-corrected chi connectivity index (χ0v) is 15.9. The van der Waals surface area contributed by atoms with Crippen molar-refractivity contribution in [2.45, 2.75) is 32.3 Å². The SMILES string of the molecule is CC(Oc1ccccc1NC(=O)CCC1CCNC1)c1ccccc1.Cl. The molecule has 2 aromatic rings. The lowest BCUT2D eigenvalue weighted by Gasteiger charge is -2.18. The van der Waals surface area contributed by atoms with Crippen LogP contribution in [0.3, 0.4) is 0 Å². The Kier molecular flexibility index (Phi) is 7.95. The Morgan fingerprint density at radius 2 is 1.92 bits per heavy atom. The van der Waals surface area contributed by atoms with Gasteiger partial charge >= 0.3 is 0 Å². The Labute approximate surface area is 161 Å². The van der Waals surface area contributed by atoms with Gasteiger partial charge in [0, 0.05) is 6.42 Å². The minimum Gasteiger partial charge on any atom is -0.484 e. The first-order chi connectivity index (χ1) is 12.2. The molecule has 1 aliphatic rings. The number of carbonyl (C=O) groups is 1. The van der Waals surface area contributed by atoms with Crippen molar-refractivity contribution in [1.29, 1.82) is 0 Å². The number of para-hydroxylation sites is 2. The number of hydrogen-bond acceptors (Lipinski definition) is 3. The van der Waals surface area contributed by atoms with Crippen LogP contribution in [-0.2, 0) is 4.79 Å². The second kappa shape index (κ2) is 10.2. The molecule has 0 saturated carbocycles. The van der Waals surface area contributed by atoms with Crippen molar-refractivity contribution in [3.8, 4) is 5.75 Å². The average Bonchev–Trinajstić information content (AvgIpc) is 3.16. The molecule has 140 valence electrons. The second-order valence-electron chi connectivity index (χ2n) is 6.61. The van der Waals surface area contributed by atoms with Gasteiger partial charge in [-0.1, -0.05) is 42.5 Å². The maximum absolute atomic E-state index is 12.3. The fourth-order valence-electron chi connectivity index (χ4n) is 3.16. The van der Waals surface area contributed by atoms with Crippen LogP contribution in [0, 0.1) is 5.92 Å². The van der Waals surface area contributed by atoms with Gasteiger partial charge in [0.25, 0.3) is 0 Å². The monoisotopic (exact) mass is 374 g/mol. The van der Waals surface area contributed by atoms with Crippen molar-refractivity contribution in [1.82, 2.24) is 5.32 Å². The summed E-state index contributed by atoms with van der Waals surface area (Å²) in [7, 11) is 0. The van der Waals surface area contributed by atoms with Crippen LogP contribution in [0.2, 0.25) is 0 Å². The molecule has 3 rings (SSSR count). The summed E-state index contributed by atoms with van der Waals surface area (Å²) in [5.74, 6) is 1.38. The first kappa shape index (κ1) is 20.3. The van der Waals surface area contributed by atoms with E-state index in [4.69, 9.17) is 4.74 Å². The van der Waals surface area contributed by atoms with Gasteiger partial charge in [-0.3, -0.25) is 4.79 Å². The van der Waals surface area contributed by atoms with Crippen LogP contribution >= 0.6 is 12.4 Å². The summed E-state index contributed by atoms with van der Waals surface area (Å²) in [5, 5.41) is 6.35. The molecular formula is C21H27ClN2O2. The zero-order valence-electron chi connectivity index (χ0n) is 15.1. The van der Waals surface area contributed by atoms with Gasteiger partial charge < -0.3 is 15.4 Å². The summed E-state index contributed by atoms with van der Waals surface area (Å²) in [5.41, 5.74) is 1.84. The number of amides is 1. The van der Waals surface area contributed by atoms with Crippen molar-refractivity contribution in [3.05, 3.63) is 60.2 Å². The molecule has 0 radical (unpaired) electrons. The third-order valence-electron chi connectivity index (χ3n) is 4.68. The van der Waals surface area contributed by atoms with Crippen molar-refractivity contribution in [2.75, 3.05) is 18.4 Å². The lowest BCUT2D eigenvalue weighted by Crippen LogP contribution is -2.16. The Bertz CT molecular complexity index is 687. The number of hydrogen-bond donors (Lipinski definition) is 2. The minimum absolute atomic E-state index is 0. The average molecular weight is 375 g/mol. The third kappa shape index (κ3) is 5.75. The lowest BCUT2D eigenvalue weighted by molar-refractivity contribution is -0.116. The molecule has 26 heavy (non-hydrogen) atoms. The van der Waals surface area contributed by atoms with Crippen LogP contribution in [-0.4, -0.2) is 19.0 Å². The maximum Gasteiger partial charge on any atom is 0.224 e. The summed E-state index contributed by atoms with van der Waals surface area (Å²) in [6.45, 7) is 4.11. The van der Waals surface area contributed by atoms with Gasteiger partial charge in [0.15, 0.2) is 0 Å². The van der Waals surface area contributed by atoms with Crippen LogP contribution in [0.25, 0.3) is 0 Å². The number of halogens is 1. The first-order valence-corrected chi connectivity index (χ1v) is 9.03. The minimum atomic E-state index is -0.0798. The van der Waals surface area contributed by atoms with E-state index < -0.39 is 0 Å². The first-order valence-electron chi connectivity index (χ1n) is 9.03. The summed E-state index contributed by atoms with van der Waals surface area (Å²) in [4.78, 5) is 12.3. The lowest BCUT2D eigenvalue weighted by atomic mass is 10.0. The van der Waals surface area contributed by atoms with Gasteiger partial charge in [-0.05, 0) is 56.5 Å². The van der Waals surface area contributed by atoms with Gasteiger partial charge in [-0.15, -0.1) is 12.4 Å². The number of anilines is 1. The topological polar surface area (TPSA) is 50.4 Å². The van der Waals surface area contributed by atoms with Crippen molar-refractivity contribution >= 4 is 24.0 Å². The highest BCUT2D eigenvalue weighted by atomic mass is 35.5. The molecule has 1 fully saturated rings. The maximum atomic E-state index is 12.3. The Hall–Kier alpha value is -2.04. The van der Waals surface area contributed by atoms with E-state index in [0.29, 0.717) is 18.1 Å². The fourth-order valence-corrected chi connectivity index (χ4v) is 3.16.